The monoisotopic (exact) mass is 331 g/mol. The molecular weight excluding hydrogens is 306 g/mol. The van der Waals surface area contributed by atoms with E-state index >= 15 is 0 Å². The molecule has 124 valence electrons. The summed E-state index contributed by atoms with van der Waals surface area (Å²) in [4.78, 5) is 7.84. The number of aliphatic hydroxyl groups excluding tert-OH is 1. The highest BCUT2D eigenvalue weighted by Crippen LogP contribution is 2.24. The van der Waals surface area contributed by atoms with E-state index in [-0.39, 0.29) is 6.10 Å². The van der Waals surface area contributed by atoms with Crippen LogP contribution in [0.15, 0.2) is 41.9 Å². The Bertz CT molecular complexity index is 567. The number of aromatic nitrogens is 1. The van der Waals surface area contributed by atoms with E-state index in [0.717, 1.165) is 43.0 Å². The largest absolute Gasteiger partial charge is 0.388 e. The van der Waals surface area contributed by atoms with Crippen LogP contribution < -0.4 is 10.2 Å². The molecule has 23 heavy (non-hydrogen) atoms. The van der Waals surface area contributed by atoms with Gasteiger partial charge in [0.25, 0.3) is 0 Å². The predicted octanol–water partition coefficient (Wildman–Crippen LogP) is 3.21. The highest BCUT2D eigenvalue weighted by atomic mass is 32.1. The van der Waals surface area contributed by atoms with Crippen molar-refractivity contribution in [3.63, 3.8) is 0 Å². The molecule has 3 heterocycles. The second-order valence-corrected chi connectivity index (χ2v) is 7.26. The van der Waals surface area contributed by atoms with Crippen LogP contribution in [-0.4, -0.2) is 35.3 Å². The van der Waals surface area contributed by atoms with Gasteiger partial charge in [0.05, 0.1) is 6.10 Å². The summed E-state index contributed by atoms with van der Waals surface area (Å²) in [6.07, 6.45) is 4.51. The number of nitrogens with zero attached hydrogens (tertiary/aromatic N) is 2. The van der Waals surface area contributed by atoms with E-state index in [1.807, 2.05) is 35.8 Å². The SMILES string of the molecule is CC(CC(O)c1cccs1)NC1CCN(c2ccccn2)CC1. The minimum atomic E-state index is -0.355. The lowest BCUT2D eigenvalue weighted by atomic mass is 10.0. The van der Waals surface area contributed by atoms with Gasteiger partial charge >= 0.3 is 0 Å². The molecule has 1 saturated heterocycles. The summed E-state index contributed by atoms with van der Waals surface area (Å²) in [7, 11) is 0. The molecule has 0 aromatic carbocycles. The van der Waals surface area contributed by atoms with E-state index in [0.29, 0.717) is 12.1 Å². The molecule has 1 aliphatic rings. The summed E-state index contributed by atoms with van der Waals surface area (Å²) in [5.74, 6) is 1.08. The first-order valence-corrected chi connectivity index (χ1v) is 9.24. The van der Waals surface area contributed by atoms with E-state index < -0.39 is 0 Å². The van der Waals surface area contributed by atoms with Crippen LogP contribution in [0.4, 0.5) is 5.82 Å². The van der Waals surface area contributed by atoms with Gasteiger partial charge in [0.1, 0.15) is 5.82 Å². The number of nitrogens with one attached hydrogen (secondary N) is 1. The highest BCUT2D eigenvalue weighted by Gasteiger charge is 2.22. The minimum absolute atomic E-state index is 0.318. The van der Waals surface area contributed by atoms with Crippen molar-refractivity contribution in [1.29, 1.82) is 0 Å². The zero-order chi connectivity index (χ0) is 16.1. The lowest BCUT2D eigenvalue weighted by Crippen LogP contribution is -2.46. The number of anilines is 1. The van der Waals surface area contributed by atoms with Crippen LogP contribution in [-0.2, 0) is 0 Å². The van der Waals surface area contributed by atoms with Gasteiger partial charge in [0.15, 0.2) is 0 Å². The van der Waals surface area contributed by atoms with E-state index in [1.165, 1.54) is 0 Å². The van der Waals surface area contributed by atoms with Crippen LogP contribution in [0.25, 0.3) is 0 Å². The molecule has 2 N–H and O–H groups in total. The van der Waals surface area contributed by atoms with Crippen LogP contribution >= 0.6 is 11.3 Å². The molecule has 0 amide bonds. The Morgan fingerprint density at radius 2 is 2.13 bits per heavy atom. The molecule has 0 spiro atoms. The molecule has 2 aromatic rings. The van der Waals surface area contributed by atoms with Gasteiger partial charge in [-0.2, -0.15) is 0 Å². The van der Waals surface area contributed by atoms with E-state index in [4.69, 9.17) is 0 Å². The zero-order valence-electron chi connectivity index (χ0n) is 13.6. The number of hydrogen-bond acceptors (Lipinski definition) is 5. The maximum absolute atomic E-state index is 10.3. The normalized spacial score (nSPS) is 18.8. The number of aliphatic hydroxyl groups is 1. The van der Waals surface area contributed by atoms with Crippen molar-refractivity contribution in [2.75, 3.05) is 18.0 Å². The summed E-state index contributed by atoms with van der Waals surface area (Å²) in [5, 5.41) is 16.0. The van der Waals surface area contributed by atoms with Gasteiger partial charge in [-0.25, -0.2) is 4.98 Å². The summed E-state index contributed by atoms with van der Waals surface area (Å²) < 4.78 is 0. The average molecular weight is 331 g/mol. The molecule has 3 rings (SSSR count). The minimum Gasteiger partial charge on any atom is -0.388 e. The fourth-order valence-electron chi connectivity index (χ4n) is 3.22. The molecule has 0 aliphatic carbocycles. The number of pyridine rings is 1. The predicted molar refractivity (Wildman–Crippen MR) is 96.0 cm³/mol. The Kier molecular flexibility index (Phi) is 5.65. The lowest BCUT2D eigenvalue weighted by Gasteiger charge is -2.34. The van der Waals surface area contributed by atoms with Gasteiger partial charge in [-0.1, -0.05) is 12.1 Å². The Balaban J connectivity index is 1.43. The van der Waals surface area contributed by atoms with Crippen LogP contribution in [0.5, 0.6) is 0 Å². The molecule has 0 radical (unpaired) electrons. The Hall–Kier alpha value is -1.43. The molecule has 5 heteroatoms. The number of piperidine rings is 1. The van der Waals surface area contributed by atoms with Crippen molar-refractivity contribution in [3.8, 4) is 0 Å². The first kappa shape index (κ1) is 16.4. The zero-order valence-corrected chi connectivity index (χ0v) is 14.4. The number of thiophene rings is 1. The third-order valence-corrected chi connectivity index (χ3v) is 5.41. The standard InChI is InChI=1S/C18H25N3OS/c1-14(13-16(22)17-5-4-12-23-17)20-15-7-10-21(11-8-15)18-6-2-3-9-19-18/h2-6,9,12,14-16,20,22H,7-8,10-11,13H2,1H3. The van der Waals surface area contributed by atoms with Crippen molar-refractivity contribution in [1.82, 2.24) is 10.3 Å². The van der Waals surface area contributed by atoms with Gasteiger partial charge < -0.3 is 15.3 Å². The molecule has 1 aliphatic heterocycles. The summed E-state index contributed by atoms with van der Waals surface area (Å²) >= 11 is 1.63. The molecule has 0 bridgehead atoms. The molecule has 2 unspecified atom stereocenters. The van der Waals surface area contributed by atoms with Crippen LogP contribution in [0, 0.1) is 0 Å². The fourth-order valence-corrected chi connectivity index (χ4v) is 3.94. The van der Waals surface area contributed by atoms with Gasteiger partial charge in [0.2, 0.25) is 0 Å². The first-order chi connectivity index (χ1) is 11.2. The van der Waals surface area contributed by atoms with Gasteiger partial charge in [-0.15, -0.1) is 11.3 Å². The second-order valence-electron chi connectivity index (χ2n) is 6.28. The van der Waals surface area contributed by atoms with Crippen LogP contribution in [0.3, 0.4) is 0 Å². The first-order valence-electron chi connectivity index (χ1n) is 8.36. The van der Waals surface area contributed by atoms with E-state index in [1.54, 1.807) is 11.3 Å². The fraction of sp³-hybridized carbons (Fsp3) is 0.500. The topological polar surface area (TPSA) is 48.4 Å². The second kappa shape index (κ2) is 7.90. The van der Waals surface area contributed by atoms with E-state index in [2.05, 4.69) is 28.2 Å². The third kappa shape index (κ3) is 4.53. The third-order valence-electron chi connectivity index (χ3n) is 4.44. The summed E-state index contributed by atoms with van der Waals surface area (Å²) in [6.45, 7) is 4.24. The summed E-state index contributed by atoms with van der Waals surface area (Å²) in [5.41, 5.74) is 0. The van der Waals surface area contributed by atoms with Crippen LogP contribution in [0.2, 0.25) is 0 Å². The molecule has 2 aromatic heterocycles. The molecule has 1 fully saturated rings. The van der Waals surface area contributed by atoms with E-state index in [9.17, 15) is 5.11 Å². The van der Waals surface area contributed by atoms with Crippen LogP contribution in [0.1, 0.15) is 37.2 Å². The van der Waals surface area contributed by atoms with Crippen molar-refractivity contribution in [2.24, 2.45) is 0 Å². The van der Waals surface area contributed by atoms with Gasteiger partial charge in [-0.05, 0) is 49.8 Å². The quantitative estimate of drug-likeness (QED) is 0.853. The average Bonchev–Trinajstić information content (AvgIpc) is 3.11. The van der Waals surface area contributed by atoms with Crippen molar-refractivity contribution < 1.29 is 5.11 Å². The Morgan fingerprint density at radius 3 is 2.78 bits per heavy atom. The van der Waals surface area contributed by atoms with Gasteiger partial charge in [0, 0.05) is 36.2 Å². The smallest absolute Gasteiger partial charge is 0.128 e. The molecule has 2 atom stereocenters. The highest BCUT2D eigenvalue weighted by molar-refractivity contribution is 7.10. The summed E-state index contributed by atoms with van der Waals surface area (Å²) in [6, 6.07) is 10.9. The lowest BCUT2D eigenvalue weighted by molar-refractivity contribution is 0.153. The van der Waals surface area contributed by atoms with Crippen molar-refractivity contribution in [3.05, 3.63) is 46.8 Å². The molecule has 4 nitrogen and oxygen atoms in total. The Labute approximate surface area is 142 Å². The van der Waals surface area contributed by atoms with Gasteiger partial charge in [-0.3, -0.25) is 0 Å². The molecular formula is C18H25N3OS. The molecule has 0 saturated carbocycles. The maximum atomic E-state index is 10.3. The van der Waals surface area contributed by atoms with Crippen molar-refractivity contribution in [2.45, 2.75) is 44.4 Å². The van der Waals surface area contributed by atoms with Crippen molar-refractivity contribution >= 4 is 17.2 Å². The number of hydrogen-bond donors (Lipinski definition) is 2. The maximum Gasteiger partial charge on any atom is 0.128 e. The Morgan fingerprint density at radius 1 is 1.30 bits per heavy atom. The number of rotatable bonds is 6.